The third-order valence-electron chi connectivity index (χ3n) is 5.42. The predicted octanol–water partition coefficient (Wildman–Crippen LogP) is 3.34. The quantitative estimate of drug-likeness (QED) is 0.808. The van der Waals surface area contributed by atoms with E-state index in [9.17, 15) is 9.18 Å². The van der Waals surface area contributed by atoms with Crippen LogP contribution < -0.4 is 15.1 Å². The summed E-state index contributed by atoms with van der Waals surface area (Å²) in [6, 6.07) is 15.2. The first kappa shape index (κ1) is 19.7. The van der Waals surface area contributed by atoms with E-state index in [4.69, 9.17) is 9.47 Å². The molecule has 2 heterocycles. The van der Waals surface area contributed by atoms with Gasteiger partial charge < -0.3 is 19.7 Å². The second kappa shape index (κ2) is 8.80. The molecule has 0 spiro atoms. The van der Waals surface area contributed by atoms with Crippen LogP contribution in [-0.4, -0.2) is 51.6 Å². The van der Waals surface area contributed by atoms with Crippen molar-refractivity contribution in [2.24, 2.45) is 0 Å². The highest BCUT2D eigenvalue weighted by atomic mass is 19.1. The lowest BCUT2D eigenvalue weighted by molar-refractivity contribution is 0.122. The summed E-state index contributed by atoms with van der Waals surface area (Å²) in [7, 11) is 0. The summed E-state index contributed by atoms with van der Waals surface area (Å²) >= 11 is 0. The normalized spacial score (nSPS) is 20.6. The van der Waals surface area contributed by atoms with Gasteiger partial charge in [-0.15, -0.1) is 0 Å². The maximum Gasteiger partial charge on any atom is 0.414 e. The monoisotopic (exact) mass is 399 g/mol. The van der Waals surface area contributed by atoms with Crippen molar-refractivity contribution in [2.45, 2.75) is 19.1 Å². The second-order valence-corrected chi connectivity index (χ2v) is 7.39. The lowest BCUT2D eigenvalue weighted by Gasteiger charge is -2.29. The number of cyclic esters (lactones) is 1. The number of carbonyl (C=O) groups excluding carboxylic acids is 1. The third-order valence-corrected chi connectivity index (χ3v) is 5.42. The largest absolute Gasteiger partial charge is 0.443 e. The van der Waals surface area contributed by atoms with Crippen LogP contribution in [0.3, 0.4) is 0 Å². The van der Waals surface area contributed by atoms with Gasteiger partial charge >= 0.3 is 6.09 Å². The molecule has 1 amide bonds. The fraction of sp³-hybridized carbons (Fsp3) is 0.409. The van der Waals surface area contributed by atoms with Crippen LogP contribution in [0.4, 0.5) is 20.6 Å². The smallest absolute Gasteiger partial charge is 0.414 e. The molecule has 2 aromatic rings. The molecule has 2 saturated heterocycles. The van der Waals surface area contributed by atoms with Crippen LogP contribution in [0.2, 0.25) is 0 Å². The third kappa shape index (κ3) is 4.52. The van der Waals surface area contributed by atoms with E-state index in [2.05, 4.69) is 24.4 Å². The first-order chi connectivity index (χ1) is 14.1. The van der Waals surface area contributed by atoms with Gasteiger partial charge in [-0.1, -0.05) is 30.3 Å². The Morgan fingerprint density at radius 3 is 2.66 bits per heavy atom. The maximum absolute atomic E-state index is 14.7. The number of benzene rings is 2. The van der Waals surface area contributed by atoms with E-state index in [1.54, 1.807) is 12.1 Å². The van der Waals surface area contributed by atoms with Crippen LogP contribution in [0.1, 0.15) is 18.5 Å². The molecule has 0 radical (unpaired) electrons. The van der Waals surface area contributed by atoms with Gasteiger partial charge in [-0.3, -0.25) is 4.90 Å². The molecule has 0 unspecified atom stereocenters. The first-order valence-corrected chi connectivity index (χ1v) is 10.0. The molecule has 0 aliphatic carbocycles. The first-order valence-electron chi connectivity index (χ1n) is 10.0. The fourth-order valence-corrected chi connectivity index (χ4v) is 3.73. The van der Waals surface area contributed by atoms with E-state index in [1.165, 1.54) is 16.5 Å². The molecule has 7 heteroatoms. The Morgan fingerprint density at radius 2 is 1.93 bits per heavy atom. The Morgan fingerprint density at radius 1 is 1.17 bits per heavy atom. The van der Waals surface area contributed by atoms with Crippen molar-refractivity contribution in [2.75, 3.05) is 49.2 Å². The average molecular weight is 399 g/mol. The van der Waals surface area contributed by atoms with E-state index < -0.39 is 6.09 Å². The zero-order valence-electron chi connectivity index (χ0n) is 16.5. The summed E-state index contributed by atoms with van der Waals surface area (Å²) in [4.78, 5) is 15.8. The van der Waals surface area contributed by atoms with Gasteiger partial charge in [0.25, 0.3) is 0 Å². The molecule has 2 fully saturated rings. The van der Waals surface area contributed by atoms with Gasteiger partial charge in [-0.2, -0.15) is 0 Å². The molecule has 0 bridgehead atoms. The molecule has 6 nitrogen and oxygen atoms in total. The minimum atomic E-state index is -0.442. The van der Waals surface area contributed by atoms with Crippen molar-refractivity contribution in [3.8, 4) is 0 Å². The number of halogens is 1. The van der Waals surface area contributed by atoms with Crippen molar-refractivity contribution >= 4 is 17.5 Å². The predicted molar refractivity (Wildman–Crippen MR) is 110 cm³/mol. The van der Waals surface area contributed by atoms with Crippen molar-refractivity contribution in [3.05, 3.63) is 59.9 Å². The molecule has 2 aromatic carbocycles. The summed E-state index contributed by atoms with van der Waals surface area (Å²) in [5, 5.41) is 3.40. The highest BCUT2D eigenvalue weighted by Gasteiger charge is 2.33. The van der Waals surface area contributed by atoms with Gasteiger partial charge in [0.2, 0.25) is 0 Å². The highest BCUT2D eigenvalue weighted by molar-refractivity contribution is 5.90. The molecule has 0 aromatic heterocycles. The molecule has 1 N–H and O–H groups in total. The van der Waals surface area contributed by atoms with Crippen LogP contribution in [0.5, 0.6) is 0 Å². The fourth-order valence-electron chi connectivity index (χ4n) is 3.73. The molecule has 29 heavy (non-hydrogen) atoms. The number of carbonyl (C=O) groups is 1. The Kier molecular flexibility index (Phi) is 5.97. The highest BCUT2D eigenvalue weighted by Crippen LogP contribution is 2.28. The number of amides is 1. The van der Waals surface area contributed by atoms with Gasteiger partial charge in [0, 0.05) is 25.7 Å². The SMILES string of the molecule is C[C@H](NC[C@H]1CN(c2ccc(N3CCOCC3)c(F)c2)C(=O)O1)c1ccccc1. The molecular weight excluding hydrogens is 373 g/mol. The van der Waals surface area contributed by atoms with Crippen LogP contribution >= 0.6 is 0 Å². The Labute approximate surface area is 170 Å². The molecule has 2 aliphatic rings. The zero-order valence-corrected chi connectivity index (χ0v) is 16.5. The Bertz CT molecular complexity index is 842. The Hall–Kier alpha value is -2.64. The van der Waals surface area contributed by atoms with Gasteiger partial charge in [-0.25, -0.2) is 9.18 Å². The molecule has 2 aliphatic heterocycles. The zero-order chi connectivity index (χ0) is 20.2. The molecule has 154 valence electrons. The number of rotatable bonds is 6. The van der Waals surface area contributed by atoms with Crippen LogP contribution in [0, 0.1) is 5.82 Å². The maximum atomic E-state index is 14.7. The number of nitrogens with zero attached hydrogens (tertiary/aromatic N) is 2. The van der Waals surface area contributed by atoms with Crippen molar-refractivity contribution in [1.82, 2.24) is 5.32 Å². The summed E-state index contributed by atoms with van der Waals surface area (Å²) in [6.07, 6.45) is -0.724. The lowest BCUT2D eigenvalue weighted by atomic mass is 10.1. The van der Waals surface area contributed by atoms with E-state index in [0.29, 0.717) is 50.8 Å². The van der Waals surface area contributed by atoms with Crippen LogP contribution in [-0.2, 0) is 9.47 Å². The van der Waals surface area contributed by atoms with Crippen molar-refractivity contribution in [1.29, 1.82) is 0 Å². The van der Waals surface area contributed by atoms with Crippen LogP contribution in [0.15, 0.2) is 48.5 Å². The number of morpholine rings is 1. The molecular formula is C22H26FN3O3. The average Bonchev–Trinajstić information content (AvgIpc) is 3.13. The second-order valence-electron chi connectivity index (χ2n) is 7.39. The lowest BCUT2D eigenvalue weighted by Crippen LogP contribution is -2.36. The van der Waals surface area contributed by atoms with Crippen molar-refractivity contribution < 1.29 is 18.7 Å². The summed E-state index contributed by atoms with van der Waals surface area (Å²) in [6.45, 7) is 5.51. The minimum Gasteiger partial charge on any atom is -0.443 e. The summed E-state index contributed by atoms with van der Waals surface area (Å²) < 4.78 is 25.5. The summed E-state index contributed by atoms with van der Waals surface area (Å²) in [5.41, 5.74) is 2.23. The number of ether oxygens (including phenoxy) is 2. The van der Waals surface area contributed by atoms with E-state index in [1.807, 2.05) is 23.1 Å². The molecule has 2 atom stereocenters. The van der Waals surface area contributed by atoms with Gasteiger partial charge in [0.05, 0.1) is 31.1 Å². The van der Waals surface area contributed by atoms with Crippen LogP contribution in [0.25, 0.3) is 0 Å². The van der Waals surface area contributed by atoms with Crippen molar-refractivity contribution in [3.63, 3.8) is 0 Å². The van der Waals surface area contributed by atoms with Gasteiger partial charge in [0.15, 0.2) is 0 Å². The number of hydrogen-bond acceptors (Lipinski definition) is 5. The topological polar surface area (TPSA) is 54.0 Å². The Balaban J connectivity index is 1.37. The van der Waals surface area contributed by atoms with Gasteiger partial charge in [-0.05, 0) is 30.7 Å². The molecule has 4 rings (SSSR count). The van der Waals surface area contributed by atoms with Gasteiger partial charge in [0.1, 0.15) is 11.9 Å². The van der Waals surface area contributed by atoms with E-state index in [0.717, 1.165) is 0 Å². The van der Waals surface area contributed by atoms with E-state index in [-0.39, 0.29) is 18.0 Å². The molecule has 0 saturated carbocycles. The van der Waals surface area contributed by atoms with E-state index >= 15 is 0 Å². The minimum absolute atomic E-state index is 0.147. The number of hydrogen-bond donors (Lipinski definition) is 1. The standard InChI is InChI=1S/C22H26FN3O3/c1-16(17-5-3-2-4-6-17)24-14-19-15-26(22(27)29-19)18-7-8-21(20(23)13-18)25-9-11-28-12-10-25/h2-8,13,16,19,24H,9-12,14-15H2,1H3/t16-,19-/m0/s1. The number of anilines is 2. The summed E-state index contributed by atoms with van der Waals surface area (Å²) in [5.74, 6) is -0.337. The number of nitrogens with one attached hydrogen (secondary N) is 1.